The molecule has 0 unspecified atom stereocenters. The first-order chi connectivity index (χ1) is 13.0. The molecular formula is C22H17FO4. The molecule has 136 valence electrons. The van der Waals surface area contributed by atoms with Crippen molar-refractivity contribution in [1.82, 2.24) is 0 Å². The fourth-order valence-electron chi connectivity index (χ4n) is 2.49. The summed E-state index contributed by atoms with van der Waals surface area (Å²) < 4.78 is 23.1. The normalized spacial score (nSPS) is 10.3. The van der Waals surface area contributed by atoms with Gasteiger partial charge in [-0.15, -0.1) is 0 Å². The van der Waals surface area contributed by atoms with E-state index in [1.165, 1.54) is 19.1 Å². The average Bonchev–Trinajstić information content (AvgIpc) is 2.67. The molecule has 0 saturated heterocycles. The molecule has 3 aromatic rings. The number of benzene rings is 3. The Balaban J connectivity index is 1.63. The van der Waals surface area contributed by atoms with E-state index < -0.39 is 5.97 Å². The van der Waals surface area contributed by atoms with E-state index in [1.807, 2.05) is 24.3 Å². The van der Waals surface area contributed by atoms with Crippen molar-refractivity contribution in [3.63, 3.8) is 0 Å². The second kappa shape index (κ2) is 8.27. The van der Waals surface area contributed by atoms with Crippen LogP contribution in [-0.4, -0.2) is 11.9 Å². The predicted molar refractivity (Wildman–Crippen MR) is 98.7 cm³/mol. The van der Waals surface area contributed by atoms with Crippen LogP contribution in [0.5, 0.6) is 5.75 Å². The van der Waals surface area contributed by atoms with Crippen LogP contribution in [0.1, 0.15) is 22.8 Å². The summed E-state index contributed by atoms with van der Waals surface area (Å²) in [5.74, 6) is -0.670. The fourth-order valence-corrected chi connectivity index (χ4v) is 2.49. The Hall–Kier alpha value is -3.47. The summed E-state index contributed by atoms with van der Waals surface area (Å²) in [5, 5.41) is 0. The molecule has 0 aromatic heterocycles. The van der Waals surface area contributed by atoms with Gasteiger partial charge in [0, 0.05) is 6.92 Å². The van der Waals surface area contributed by atoms with E-state index in [0.29, 0.717) is 16.9 Å². The zero-order valence-electron chi connectivity index (χ0n) is 14.6. The predicted octanol–water partition coefficient (Wildman–Crippen LogP) is 4.78. The van der Waals surface area contributed by atoms with E-state index >= 15 is 0 Å². The maximum atomic E-state index is 12.9. The molecule has 0 amide bonds. The molecule has 0 heterocycles. The van der Waals surface area contributed by atoms with Gasteiger partial charge in [-0.05, 0) is 53.1 Å². The number of rotatable bonds is 5. The number of halogens is 1. The van der Waals surface area contributed by atoms with Crippen LogP contribution < -0.4 is 4.74 Å². The largest absolute Gasteiger partial charge is 0.457 e. The van der Waals surface area contributed by atoms with Crippen molar-refractivity contribution in [3.8, 4) is 16.9 Å². The third-order valence-corrected chi connectivity index (χ3v) is 3.85. The lowest BCUT2D eigenvalue weighted by atomic mass is 10.0. The first kappa shape index (κ1) is 18.3. The Bertz CT molecular complexity index is 930. The minimum absolute atomic E-state index is 0.0818. The van der Waals surface area contributed by atoms with E-state index in [2.05, 4.69) is 0 Å². The number of hydrogen-bond acceptors (Lipinski definition) is 4. The zero-order chi connectivity index (χ0) is 19.2. The Morgan fingerprint density at radius 3 is 1.93 bits per heavy atom. The lowest BCUT2D eigenvalue weighted by Crippen LogP contribution is -2.05. The summed E-state index contributed by atoms with van der Waals surface area (Å²) in [7, 11) is 0. The summed E-state index contributed by atoms with van der Waals surface area (Å²) >= 11 is 0. The highest BCUT2D eigenvalue weighted by Gasteiger charge is 2.08. The van der Waals surface area contributed by atoms with E-state index in [4.69, 9.17) is 9.47 Å². The second-order valence-corrected chi connectivity index (χ2v) is 5.90. The van der Waals surface area contributed by atoms with E-state index in [0.717, 1.165) is 11.1 Å². The topological polar surface area (TPSA) is 52.6 Å². The van der Waals surface area contributed by atoms with Crippen LogP contribution in [0.3, 0.4) is 0 Å². The van der Waals surface area contributed by atoms with Gasteiger partial charge >= 0.3 is 11.9 Å². The Labute approximate surface area is 156 Å². The van der Waals surface area contributed by atoms with Crippen molar-refractivity contribution < 1.29 is 23.5 Å². The van der Waals surface area contributed by atoms with Crippen molar-refractivity contribution in [3.05, 3.63) is 89.7 Å². The summed E-state index contributed by atoms with van der Waals surface area (Å²) in [5.41, 5.74) is 2.99. The van der Waals surface area contributed by atoms with Crippen molar-refractivity contribution in [1.29, 1.82) is 0 Å². The Kier molecular flexibility index (Phi) is 5.61. The number of ether oxygens (including phenoxy) is 2. The van der Waals surface area contributed by atoms with E-state index in [1.54, 1.807) is 36.4 Å². The summed E-state index contributed by atoms with van der Waals surface area (Å²) in [4.78, 5) is 23.1. The van der Waals surface area contributed by atoms with Crippen LogP contribution in [0.15, 0.2) is 72.8 Å². The van der Waals surface area contributed by atoms with Gasteiger partial charge in [0.05, 0.1) is 5.56 Å². The number of carbonyl (C=O) groups is 2. The quantitative estimate of drug-likeness (QED) is 0.483. The number of esters is 2. The van der Waals surface area contributed by atoms with Gasteiger partial charge in [-0.25, -0.2) is 9.18 Å². The summed E-state index contributed by atoms with van der Waals surface area (Å²) in [6, 6.07) is 19.9. The van der Waals surface area contributed by atoms with Crippen molar-refractivity contribution in [2.75, 3.05) is 0 Å². The highest BCUT2D eigenvalue weighted by molar-refractivity contribution is 5.90. The molecule has 4 nitrogen and oxygen atoms in total. The SMILES string of the molecule is CC(=O)Oc1ccc(-c2ccc(C(=O)OCc3ccc(F)cc3)cc2)cc1. The van der Waals surface area contributed by atoms with Crippen LogP contribution in [-0.2, 0) is 16.1 Å². The van der Waals surface area contributed by atoms with Gasteiger partial charge < -0.3 is 9.47 Å². The molecule has 3 aromatic carbocycles. The third kappa shape index (κ3) is 5.01. The van der Waals surface area contributed by atoms with Crippen LogP contribution in [0.25, 0.3) is 11.1 Å². The summed E-state index contributed by atoms with van der Waals surface area (Å²) in [6.07, 6.45) is 0. The zero-order valence-corrected chi connectivity index (χ0v) is 14.6. The first-order valence-corrected chi connectivity index (χ1v) is 8.32. The van der Waals surface area contributed by atoms with E-state index in [-0.39, 0.29) is 18.4 Å². The minimum atomic E-state index is -0.448. The second-order valence-electron chi connectivity index (χ2n) is 5.90. The van der Waals surface area contributed by atoms with Gasteiger partial charge in [0.25, 0.3) is 0 Å². The van der Waals surface area contributed by atoms with Crippen molar-refractivity contribution in [2.45, 2.75) is 13.5 Å². The third-order valence-electron chi connectivity index (χ3n) is 3.85. The molecule has 0 aliphatic carbocycles. The van der Waals surface area contributed by atoms with Crippen LogP contribution in [0, 0.1) is 5.82 Å². The maximum Gasteiger partial charge on any atom is 0.338 e. The monoisotopic (exact) mass is 364 g/mol. The molecule has 0 N–H and O–H groups in total. The molecule has 0 saturated carbocycles. The molecule has 3 rings (SSSR count). The lowest BCUT2D eigenvalue weighted by Gasteiger charge is -2.07. The smallest absolute Gasteiger partial charge is 0.338 e. The molecular weight excluding hydrogens is 347 g/mol. The molecule has 0 radical (unpaired) electrons. The molecule has 0 aliphatic heterocycles. The first-order valence-electron chi connectivity index (χ1n) is 8.32. The van der Waals surface area contributed by atoms with Crippen LogP contribution in [0.2, 0.25) is 0 Å². The molecule has 0 aliphatic rings. The van der Waals surface area contributed by atoms with E-state index in [9.17, 15) is 14.0 Å². The Morgan fingerprint density at radius 2 is 1.37 bits per heavy atom. The maximum absolute atomic E-state index is 12.9. The molecule has 0 spiro atoms. The molecule has 27 heavy (non-hydrogen) atoms. The lowest BCUT2D eigenvalue weighted by molar-refractivity contribution is -0.131. The number of hydrogen-bond donors (Lipinski definition) is 0. The fraction of sp³-hybridized carbons (Fsp3) is 0.0909. The van der Waals surface area contributed by atoms with Crippen molar-refractivity contribution in [2.24, 2.45) is 0 Å². The van der Waals surface area contributed by atoms with Gasteiger partial charge in [-0.2, -0.15) is 0 Å². The van der Waals surface area contributed by atoms with Crippen molar-refractivity contribution >= 4 is 11.9 Å². The van der Waals surface area contributed by atoms with Gasteiger partial charge in [0.1, 0.15) is 18.2 Å². The molecule has 0 atom stereocenters. The number of carbonyl (C=O) groups excluding carboxylic acids is 2. The summed E-state index contributed by atoms with van der Waals surface area (Å²) in [6.45, 7) is 1.43. The minimum Gasteiger partial charge on any atom is -0.457 e. The average molecular weight is 364 g/mol. The van der Waals surface area contributed by atoms with Crippen LogP contribution >= 0.6 is 0 Å². The molecule has 0 fully saturated rings. The standard InChI is InChI=1S/C22H17FO4/c1-15(24)27-21-12-8-18(9-13-21)17-4-6-19(7-5-17)22(25)26-14-16-2-10-20(23)11-3-16/h2-13H,14H2,1H3. The van der Waals surface area contributed by atoms with Gasteiger partial charge in [0.15, 0.2) is 0 Å². The highest BCUT2D eigenvalue weighted by Crippen LogP contribution is 2.23. The Morgan fingerprint density at radius 1 is 0.815 bits per heavy atom. The highest BCUT2D eigenvalue weighted by atomic mass is 19.1. The molecule has 5 heteroatoms. The molecule has 0 bridgehead atoms. The van der Waals surface area contributed by atoms with Crippen LogP contribution in [0.4, 0.5) is 4.39 Å². The van der Waals surface area contributed by atoms with Gasteiger partial charge in [-0.3, -0.25) is 4.79 Å². The van der Waals surface area contributed by atoms with Gasteiger partial charge in [0.2, 0.25) is 0 Å². The van der Waals surface area contributed by atoms with Gasteiger partial charge in [-0.1, -0.05) is 36.4 Å².